The summed E-state index contributed by atoms with van der Waals surface area (Å²) in [6.07, 6.45) is 0. The minimum absolute atomic E-state index is 0.167. The molecule has 0 amide bonds. The molecule has 3 aromatic heterocycles. The zero-order chi connectivity index (χ0) is 33.8. The number of anilines is 3. The summed E-state index contributed by atoms with van der Waals surface area (Å²) in [5, 5.41) is 4.56. The van der Waals surface area contributed by atoms with Gasteiger partial charge in [-0.05, 0) is 59.2 Å². The average Bonchev–Trinajstić information content (AvgIpc) is 3.92. The van der Waals surface area contributed by atoms with Crippen LogP contribution in [-0.4, -0.2) is 4.98 Å². The van der Waals surface area contributed by atoms with Crippen molar-refractivity contribution in [3.63, 3.8) is 0 Å². The van der Waals surface area contributed by atoms with Crippen molar-refractivity contribution in [2.45, 2.75) is 19.3 Å². The van der Waals surface area contributed by atoms with E-state index < -0.39 is 0 Å². The number of furan rings is 1. The molecule has 0 bridgehead atoms. The smallest absolute Gasteiger partial charge is 0.227 e. The van der Waals surface area contributed by atoms with Gasteiger partial charge in [-0.3, -0.25) is 0 Å². The van der Waals surface area contributed by atoms with Gasteiger partial charge in [-0.1, -0.05) is 111 Å². The number of hydrogen-bond acceptors (Lipinski definition) is 5. The second-order valence-corrected chi connectivity index (χ2v) is 15.0. The molecule has 1 aliphatic rings. The van der Waals surface area contributed by atoms with E-state index in [4.69, 9.17) is 13.8 Å². The van der Waals surface area contributed by atoms with Crippen LogP contribution in [0.5, 0.6) is 0 Å². The minimum atomic E-state index is -0.167. The van der Waals surface area contributed by atoms with Crippen LogP contribution in [0.25, 0.3) is 75.8 Å². The van der Waals surface area contributed by atoms with E-state index in [0.717, 1.165) is 50.1 Å². The fraction of sp³-hybridized carbons (Fsp3) is 0.0652. The van der Waals surface area contributed by atoms with Crippen molar-refractivity contribution in [3.05, 3.63) is 157 Å². The van der Waals surface area contributed by atoms with Crippen LogP contribution in [-0.2, 0) is 5.41 Å². The molecule has 0 fully saturated rings. The first-order valence-corrected chi connectivity index (χ1v) is 18.1. The van der Waals surface area contributed by atoms with Crippen LogP contribution in [0.2, 0.25) is 0 Å². The zero-order valence-corrected chi connectivity index (χ0v) is 28.8. The van der Waals surface area contributed by atoms with Gasteiger partial charge in [0.25, 0.3) is 0 Å². The van der Waals surface area contributed by atoms with Gasteiger partial charge in [0.15, 0.2) is 5.58 Å². The summed E-state index contributed by atoms with van der Waals surface area (Å²) in [7, 11) is 0. The second kappa shape index (κ2) is 10.4. The van der Waals surface area contributed by atoms with Crippen molar-refractivity contribution in [1.82, 2.24) is 4.98 Å². The fourth-order valence-corrected chi connectivity index (χ4v) is 9.47. The van der Waals surface area contributed by atoms with Gasteiger partial charge in [0.2, 0.25) is 5.89 Å². The molecule has 51 heavy (non-hydrogen) atoms. The number of hydrogen-bond donors (Lipinski definition) is 0. The zero-order valence-electron chi connectivity index (χ0n) is 28.0. The van der Waals surface area contributed by atoms with Crippen LogP contribution in [0.15, 0.2) is 154 Å². The molecule has 0 atom stereocenters. The normalized spacial score (nSPS) is 13.5. The van der Waals surface area contributed by atoms with Crippen molar-refractivity contribution in [2.24, 2.45) is 0 Å². The van der Waals surface area contributed by atoms with Crippen molar-refractivity contribution in [2.75, 3.05) is 4.90 Å². The van der Waals surface area contributed by atoms with Gasteiger partial charge >= 0.3 is 0 Å². The minimum Gasteiger partial charge on any atom is -0.456 e. The Morgan fingerprint density at radius 3 is 2.25 bits per heavy atom. The average molecular weight is 675 g/mol. The summed E-state index contributed by atoms with van der Waals surface area (Å²) in [5.41, 5.74) is 12.0. The molecule has 10 aromatic rings. The molecule has 0 spiro atoms. The maximum absolute atomic E-state index is 6.91. The van der Waals surface area contributed by atoms with E-state index in [2.05, 4.69) is 116 Å². The van der Waals surface area contributed by atoms with E-state index in [1.807, 2.05) is 59.9 Å². The molecular weight excluding hydrogens is 645 g/mol. The third-order valence-corrected chi connectivity index (χ3v) is 11.8. The van der Waals surface area contributed by atoms with Gasteiger partial charge in [0.1, 0.15) is 22.4 Å². The maximum atomic E-state index is 6.91. The molecule has 0 saturated carbocycles. The lowest BCUT2D eigenvalue weighted by molar-refractivity contribution is 0.620. The first-order valence-electron chi connectivity index (χ1n) is 17.3. The highest BCUT2D eigenvalue weighted by Crippen LogP contribution is 2.56. The van der Waals surface area contributed by atoms with Crippen LogP contribution in [0, 0.1) is 0 Å². The van der Waals surface area contributed by atoms with Gasteiger partial charge in [0.05, 0.1) is 11.1 Å². The SMILES string of the molecule is CC1(C)c2ccccc2-c2c(N(c3ccc4c(c3)sc3ccccc34)c3c4oc(-c5ccccc5)nc4cc4oc5ccccc5c34)cccc21. The summed E-state index contributed by atoms with van der Waals surface area (Å²) in [6.45, 7) is 4.67. The van der Waals surface area contributed by atoms with Crippen molar-refractivity contribution in [3.8, 4) is 22.6 Å². The number of thiophene rings is 1. The molecule has 0 unspecified atom stereocenters. The highest BCUT2D eigenvalue weighted by molar-refractivity contribution is 7.25. The molecule has 0 radical (unpaired) electrons. The quantitative estimate of drug-likeness (QED) is 0.186. The van der Waals surface area contributed by atoms with E-state index in [1.165, 1.54) is 42.4 Å². The van der Waals surface area contributed by atoms with Gasteiger partial charge in [0, 0.05) is 53.9 Å². The monoisotopic (exact) mass is 674 g/mol. The van der Waals surface area contributed by atoms with E-state index in [0.29, 0.717) is 11.5 Å². The van der Waals surface area contributed by atoms with Gasteiger partial charge in [-0.25, -0.2) is 4.98 Å². The number of benzene rings is 7. The molecule has 1 aliphatic carbocycles. The topological polar surface area (TPSA) is 42.4 Å². The van der Waals surface area contributed by atoms with Crippen molar-refractivity contribution < 1.29 is 8.83 Å². The summed E-state index contributed by atoms with van der Waals surface area (Å²) in [5.74, 6) is 0.577. The molecule has 0 saturated heterocycles. The van der Waals surface area contributed by atoms with Gasteiger partial charge in [-0.2, -0.15) is 0 Å². The predicted molar refractivity (Wildman–Crippen MR) is 212 cm³/mol. The Labute approximate surface area is 297 Å². The standard InChI is InChI=1S/C46H30N2O2S/c1-46(2)33-18-9-6-16-31(33)41-34(46)19-12-20-36(41)48(28-23-24-30-29-15-8-11-22-39(29)51-40(30)25-28)43-42-32-17-7-10-21-37(32)49-38(42)26-35-44(43)50-45(47-35)27-13-4-3-5-14-27/h3-26H,1-2H3. The third-order valence-electron chi connectivity index (χ3n) is 10.7. The number of rotatable bonds is 4. The molecule has 3 heterocycles. The van der Waals surface area contributed by atoms with Crippen LogP contribution >= 0.6 is 11.3 Å². The van der Waals surface area contributed by atoms with Crippen molar-refractivity contribution >= 4 is 81.6 Å². The summed E-state index contributed by atoms with van der Waals surface area (Å²) in [6, 6.07) is 51.6. The first kappa shape index (κ1) is 28.6. The Kier molecular flexibility index (Phi) is 5.85. The van der Waals surface area contributed by atoms with Crippen LogP contribution in [0.4, 0.5) is 17.1 Å². The fourth-order valence-electron chi connectivity index (χ4n) is 8.33. The lowest BCUT2D eigenvalue weighted by atomic mass is 9.82. The summed E-state index contributed by atoms with van der Waals surface area (Å²) in [4.78, 5) is 7.50. The Morgan fingerprint density at radius 1 is 0.608 bits per heavy atom. The van der Waals surface area contributed by atoms with Crippen molar-refractivity contribution in [1.29, 1.82) is 0 Å². The Balaban J connectivity index is 1.30. The molecule has 0 N–H and O–H groups in total. The molecule has 5 heteroatoms. The second-order valence-electron chi connectivity index (χ2n) is 13.9. The summed E-state index contributed by atoms with van der Waals surface area (Å²) >= 11 is 1.83. The highest BCUT2D eigenvalue weighted by atomic mass is 32.1. The Bertz CT molecular complexity index is 3020. The van der Waals surface area contributed by atoms with E-state index in [-0.39, 0.29) is 5.41 Å². The predicted octanol–water partition coefficient (Wildman–Crippen LogP) is 13.5. The molecule has 242 valence electrons. The number of para-hydroxylation sites is 1. The number of oxazole rings is 1. The first-order chi connectivity index (χ1) is 25.0. The molecule has 0 aliphatic heterocycles. The van der Waals surface area contributed by atoms with Gasteiger partial charge in [-0.15, -0.1) is 11.3 Å². The lowest BCUT2D eigenvalue weighted by Crippen LogP contribution is -2.16. The van der Waals surface area contributed by atoms with Crippen LogP contribution in [0.3, 0.4) is 0 Å². The lowest BCUT2D eigenvalue weighted by Gasteiger charge is -2.29. The highest BCUT2D eigenvalue weighted by Gasteiger charge is 2.38. The van der Waals surface area contributed by atoms with E-state index in [1.54, 1.807) is 0 Å². The Hall–Kier alpha value is -6.17. The maximum Gasteiger partial charge on any atom is 0.227 e. The molecule has 7 aromatic carbocycles. The number of aromatic nitrogens is 1. The Morgan fingerprint density at radius 2 is 1.35 bits per heavy atom. The van der Waals surface area contributed by atoms with Crippen LogP contribution in [0.1, 0.15) is 25.0 Å². The molecule has 11 rings (SSSR count). The molecular formula is C46H30N2O2S. The number of nitrogens with zero attached hydrogens (tertiary/aromatic N) is 2. The number of fused-ring (bicyclic) bond motifs is 10. The summed E-state index contributed by atoms with van der Waals surface area (Å²) < 4.78 is 16.0. The van der Waals surface area contributed by atoms with E-state index >= 15 is 0 Å². The third kappa shape index (κ3) is 4.04. The van der Waals surface area contributed by atoms with Crippen LogP contribution < -0.4 is 4.90 Å². The van der Waals surface area contributed by atoms with E-state index in [9.17, 15) is 0 Å². The largest absolute Gasteiger partial charge is 0.456 e. The van der Waals surface area contributed by atoms with Gasteiger partial charge < -0.3 is 13.7 Å². The molecule has 4 nitrogen and oxygen atoms in total.